The van der Waals surface area contributed by atoms with Crippen LogP contribution < -0.4 is 5.32 Å². The zero-order chi connectivity index (χ0) is 12.0. The molecule has 1 aliphatic heterocycles. The molecule has 0 radical (unpaired) electrons. The van der Waals surface area contributed by atoms with Crippen molar-refractivity contribution >= 4 is 10.9 Å². The molecular formula is C12H11F3N2. The predicted molar refractivity (Wildman–Crippen MR) is 58.7 cm³/mol. The Morgan fingerprint density at radius 2 is 1.88 bits per heavy atom. The van der Waals surface area contributed by atoms with Crippen molar-refractivity contribution < 1.29 is 13.2 Å². The highest BCUT2D eigenvalue weighted by Crippen LogP contribution is 2.32. The number of hydrogen-bond donors (Lipinski definition) is 2. The van der Waals surface area contributed by atoms with Gasteiger partial charge in [0.05, 0.1) is 0 Å². The van der Waals surface area contributed by atoms with Crippen LogP contribution in [0.25, 0.3) is 10.9 Å². The number of halogens is 3. The van der Waals surface area contributed by atoms with Gasteiger partial charge in [-0.1, -0.05) is 0 Å². The molecular weight excluding hydrogens is 229 g/mol. The molecule has 0 bridgehead atoms. The first-order valence-electron chi connectivity index (χ1n) is 5.46. The summed E-state index contributed by atoms with van der Waals surface area (Å²) in [7, 11) is 0. The van der Waals surface area contributed by atoms with Gasteiger partial charge in [0.2, 0.25) is 0 Å². The SMILES string of the molecule is FC(F)(F)c1cc2cc3c(cc2[nH]1)CCNC3. The van der Waals surface area contributed by atoms with Gasteiger partial charge in [-0.05, 0) is 42.3 Å². The number of rotatable bonds is 0. The van der Waals surface area contributed by atoms with Crippen molar-refractivity contribution in [1.82, 2.24) is 10.3 Å². The Morgan fingerprint density at radius 3 is 2.65 bits per heavy atom. The lowest BCUT2D eigenvalue weighted by molar-refractivity contribution is -0.140. The maximum absolute atomic E-state index is 12.6. The zero-order valence-corrected chi connectivity index (χ0v) is 8.99. The molecule has 2 N–H and O–H groups in total. The Bertz CT molecular complexity index is 526. The Kier molecular flexibility index (Phi) is 2.19. The molecule has 90 valence electrons. The fourth-order valence-electron chi connectivity index (χ4n) is 2.27. The number of hydrogen-bond acceptors (Lipinski definition) is 1. The average molecular weight is 240 g/mol. The van der Waals surface area contributed by atoms with E-state index in [1.165, 1.54) is 6.07 Å². The van der Waals surface area contributed by atoms with E-state index in [1.54, 1.807) is 0 Å². The summed E-state index contributed by atoms with van der Waals surface area (Å²) in [5.41, 5.74) is 2.11. The van der Waals surface area contributed by atoms with Crippen LogP contribution in [0.5, 0.6) is 0 Å². The fraction of sp³-hybridized carbons (Fsp3) is 0.333. The standard InChI is InChI=1S/C12H11F3N2/c13-12(14,15)11-5-8-3-9-6-16-2-1-7(9)4-10(8)17-11/h3-5,16-17H,1-2,6H2. The van der Waals surface area contributed by atoms with E-state index >= 15 is 0 Å². The lowest BCUT2D eigenvalue weighted by Gasteiger charge is -2.16. The second-order valence-electron chi connectivity index (χ2n) is 4.32. The van der Waals surface area contributed by atoms with Crippen LogP contribution in [-0.4, -0.2) is 11.5 Å². The molecule has 2 aromatic rings. The molecule has 1 aromatic heterocycles. The first kappa shape index (κ1) is 10.7. The number of alkyl halides is 3. The lowest BCUT2D eigenvalue weighted by Crippen LogP contribution is -2.23. The third-order valence-corrected chi connectivity index (χ3v) is 3.13. The van der Waals surface area contributed by atoms with E-state index in [0.717, 1.165) is 30.6 Å². The molecule has 2 heterocycles. The number of benzene rings is 1. The van der Waals surface area contributed by atoms with Gasteiger partial charge in [0.1, 0.15) is 5.69 Å². The van der Waals surface area contributed by atoms with Crippen molar-refractivity contribution in [3.05, 3.63) is 35.0 Å². The van der Waals surface area contributed by atoms with Gasteiger partial charge in [-0.3, -0.25) is 0 Å². The molecule has 0 atom stereocenters. The molecule has 17 heavy (non-hydrogen) atoms. The van der Waals surface area contributed by atoms with Crippen LogP contribution in [0.15, 0.2) is 18.2 Å². The van der Waals surface area contributed by atoms with Crippen LogP contribution >= 0.6 is 0 Å². The lowest BCUT2D eigenvalue weighted by atomic mass is 9.99. The van der Waals surface area contributed by atoms with Gasteiger partial charge in [-0.2, -0.15) is 13.2 Å². The molecule has 0 saturated carbocycles. The van der Waals surface area contributed by atoms with Crippen LogP contribution in [0.4, 0.5) is 13.2 Å². The van der Waals surface area contributed by atoms with Gasteiger partial charge in [-0.15, -0.1) is 0 Å². The summed E-state index contributed by atoms with van der Waals surface area (Å²) < 4.78 is 37.7. The Hall–Kier alpha value is -1.49. The van der Waals surface area contributed by atoms with E-state index in [0.29, 0.717) is 10.9 Å². The highest BCUT2D eigenvalue weighted by Gasteiger charge is 2.32. The first-order chi connectivity index (χ1) is 8.04. The van der Waals surface area contributed by atoms with Crippen molar-refractivity contribution in [2.45, 2.75) is 19.1 Å². The van der Waals surface area contributed by atoms with E-state index in [-0.39, 0.29) is 0 Å². The summed E-state index contributed by atoms with van der Waals surface area (Å²) in [6, 6.07) is 4.84. The Morgan fingerprint density at radius 1 is 1.06 bits per heavy atom. The maximum atomic E-state index is 12.6. The molecule has 0 aliphatic carbocycles. The van der Waals surface area contributed by atoms with E-state index in [2.05, 4.69) is 10.3 Å². The summed E-state index contributed by atoms with van der Waals surface area (Å²) in [4.78, 5) is 2.44. The molecule has 1 aliphatic rings. The quantitative estimate of drug-likeness (QED) is 0.728. The summed E-state index contributed by atoms with van der Waals surface area (Å²) in [6.45, 7) is 1.61. The first-order valence-corrected chi connectivity index (χ1v) is 5.46. The number of H-pyrrole nitrogens is 1. The topological polar surface area (TPSA) is 27.8 Å². The summed E-state index contributed by atoms with van der Waals surface area (Å²) in [5.74, 6) is 0. The van der Waals surface area contributed by atoms with E-state index < -0.39 is 11.9 Å². The summed E-state index contributed by atoms with van der Waals surface area (Å²) >= 11 is 0. The van der Waals surface area contributed by atoms with Crippen LogP contribution in [0.2, 0.25) is 0 Å². The average Bonchev–Trinajstić information content (AvgIpc) is 2.68. The smallest absolute Gasteiger partial charge is 0.351 e. The molecule has 3 rings (SSSR count). The molecule has 2 nitrogen and oxygen atoms in total. The van der Waals surface area contributed by atoms with Crippen LogP contribution in [-0.2, 0) is 19.1 Å². The van der Waals surface area contributed by atoms with E-state index in [1.807, 2.05) is 12.1 Å². The largest absolute Gasteiger partial charge is 0.431 e. The minimum Gasteiger partial charge on any atom is -0.351 e. The van der Waals surface area contributed by atoms with Crippen LogP contribution in [0, 0.1) is 0 Å². The molecule has 5 heteroatoms. The number of nitrogens with one attached hydrogen (secondary N) is 2. The third kappa shape index (κ3) is 1.80. The Labute approximate surface area is 95.8 Å². The van der Waals surface area contributed by atoms with Gasteiger partial charge in [0.15, 0.2) is 0 Å². The van der Waals surface area contributed by atoms with Crippen LogP contribution in [0.3, 0.4) is 0 Å². The summed E-state index contributed by atoms with van der Waals surface area (Å²) in [5, 5.41) is 3.84. The van der Waals surface area contributed by atoms with Crippen molar-refractivity contribution in [1.29, 1.82) is 0 Å². The van der Waals surface area contributed by atoms with E-state index in [9.17, 15) is 13.2 Å². The minimum absolute atomic E-state index is 0.568. The minimum atomic E-state index is -4.31. The van der Waals surface area contributed by atoms with Gasteiger partial charge in [0, 0.05) is 17.4 Å². The molecule has 0 amide bonds. The highest BCUT2D eigenvalue weighted by atomic mass is 19.4. The van der Waals surface area contributed by atoms with Crippen molar-refractivity contribution in [2.75, 3.05) is 6.54 Å². The van der Waals surface area contributed by atoms with Crippen molar-refractivity contribution in [3.63, 3.8) is 0 Å². The number of aromatic amines is 1. The van der Waals surface area contributed by atoms with Crippen molar-refractivity contribution in [3.8, 4) is 0 Å². The van der Waals surface area contributed by atoms with Crippen molar-refractivity contribution in [2.24, 2.45) is 0 Å². The molecule has 0 unspecified atom stereocenters. The summed E-state index contributed by atoms with van der Waals surface area (Å²) in [6.07, 6.45) is -3.44. The molecule has 0 saturated heterocycles. The van der Waals surface area contributed by atoms with Gasteiger partial charge in [0.25, 0.3) is 0 Å². The predicted octanol–water partition coefficient (Wildman–Crippen LogP) is 2.83. The molecule has 0 spiro atoms. The monoisotopic (exact) mass is 240 g/mol. The normalized spacial score (nSPS) is 16.2. The van der Waals surface area contributed by atoms with E-state index in [4.69, 9.17) is 0 Å². The van der Waals surface area contributed by atoms with Gasteiger partial charge < -0.3 is 10.3 Å². The highest BCUT2D eigenvalue weighted by molar-refractivity contribution is 5.82. The zero-order valence-electron chi connectivity index (χ0n) is 8.99. The Balaban J connectivity index is 2.16. The third-order valence-electron chi connectivity index (χ3n) is 3.13. The van der Waals surface area contributed by atoms with Gasteiger partial charge >= 0.3 is 6.18 Å². The second kappa shape index (κ2) is 3.50. The second-order valence-corrected chi connectivity index (χ2v) is 4.32. The van der Waals surface area contributed by atoms with Gasteiger partial charge in [-0.25, -0.2) is 0 Å². The maximum Gasteiger partial charge on any atom is 0.431 e. The molecule has 0 fully saturated rings. The number of aromatic nitrogens is 1. The fourth-order valence-corrected chi connectivity index (χ4v) is 2.27. The molecule has 1 aromatic carbocycles. The number of fused-ring (bicyclic) bond motifs is 2. The van der Waals surface area contributed by atoms with Crippen LogP contribution in [0.1, 0.15) is 16.8 Å².